The normalized spacial score (nSPS) is 21.7. The second-order valence-corrected chi connectivity index (χ2v) is 6.38. The molecule has 2 aliphatic heterocycles. The Morgan fingerprint density at radius 2 is 2.09 bits per heavy atom. The highest BCUT2D eigenvalue weighted by Gasteiger charge is 2.47. The van der Waals surface area contributed by atoms with E-state index in [1.807, 2.05) is 25.1 Å². The fourth-order valence-electron chi connectivity index (χ4n) is 2.99. The summed E-state index contributed by atoms with van der Waals surface area (Å²) in [6, 6.07) is 8.98. The number of halogens is 2. The van der Waals surface area contributed by atoms with Crippen molar-refractivity contribution in [1.29, 1.82) is 0 Å². The number of hydrogen-bond donors (Lipinski definition) is 1. The largest absolute Gasteiger partial charge is 0.462 e. The van der Waals surface area contributed by atoms with Crippen molar-refractivity contribution in [2.45, 2.75) is 12.5 Å². The number of fused-ring (bicyclic) bond motifs is 4. The van der Waals surface area contributed by atoms with Crippen LogP contribution >= 0.6 is 15.9 Å². The van der Waals surface area contributed by atoms with Crippen molar-refractivity contribution in [3.63, 3.8) is 0 Å². The number of rotatable bonds is 0. The maximum Gasteiger partial charge on any atom is 0.283 e. The third kappa shape index (κ3) is 1.76. The molecule has 6 heteroatoms. The molecule has 2 N–H and O–H groups in total. The second-order valence-electron chi connectivity index (χ2n) is 5.46. The Morgan fingerprint density at radius 3 is 2.82 bits per heavy atom. The van der Waals surface area contributed by atoms with E-state index in [2.05, 4.69) is 20.9 Å². The quantitative estimate of drug-likeness (QED) is 0.778. The Morgan fingerprint density at radius 1 is 1.27 bits per heavy atom. The Labute approximate surface area is 134 Å². The third-order valence-corrected chi connectivity index (χ3v) is 4.43. The van der Waals surface area contributed by atoms with Crippen LogP contribution in [0.2, 0.25) is 0 Å². The van der Waals surface area contributed by atoms with Crippen molar-refractivity contribution in [1.82, 2.24) is 0 Å². The highest BCUT2D eigenvalue weighted by atomic mass is 79.9. The molecule has 22 heavy (non-hydrogen) atoms. The molecule has 0 saturated carbocycles. The van der Waals surface area contributed by atoms with Crippen molar-refractivity contribution >= 4 is 22.0 Å². The maximum atomic E-state index is 14.4. The summed E-state index contributed by atoms with van der Waals surface area (Å²) < 4.78 is 26.2. The van der Waals surface area contributed by atoms with Gasteiger partial charge in [0.15, 0.2) is 17.1 Å². The zero-order chi connectivity index (χ0) is 15.5. The van der Waals surface area contributed by atoms with Gasteiger partial charge in [-0.2, -0.15) is 0 Å². The van der Waals surface area contributed by atoms with Crippen molar-refractivity contribution in [2.24, 2.45) is 10.7 Å². The molecule has 2 heterocycles. The molecule has 112 valence electrons. The number of ether oxygens (including phenoxy) is 2. The monoisotopic (exact) mass is 362 g/mol. The molecule has 2 aromatic rings. The van der Waals surface area contributed by atoms with E-state index in [0.29, 0.717) is 15.8 Å². The van der Waals surface area contributed by atoms with Crippen LogP contribution in [0, 0.1) is 12.7 Å². The van der Waals surface area contributed by atoms with Gasteiger partial charge in [0.2, 0.25) is 0 Å². The Hall–Kier alpha value is -2.08. The summed E-state index contributed by atoms with van der Waals surface area (Å²) in [5.74, 6) is 0.290. The summed E-state index contributed by atoms with van der Waals surface area (Å²) in [6.07, 6.45) is 0. The molecule has 0 bridgehead atoms. The lowest BCUT2D eigenvalue weighted by molar-refractivity contribution is 0.262. The molecule has 0 fully saturated rings. The van der Waals surface area contributed by atoms with Gasteiger partial charge in [-0.15, -0.1) is 0 Å². The minimum absolute atomic E-state index is 0.0979. The highest BCUT2D eigenvalue weighted by Crippen LogP contribution is 2.52. The molecular formula is C16H12BrFN2O2. The molecule has 0 radical (unpaired) electrons. The van der Waals surface area contributed by atoms with Crippen LogP contribution in [0.25, 0.3) is 0 Å². The number of nitrogens with zero attached hydrogens (tertiary/aromatic N) is 1. The van der Waals surface area contributed by atoms with Gasteiger partial charge in [-0.05, 0) is 31.2 Å². The van der Waals surface area contributed by atoms with Gasteiger partial charge >= 0.3 is 0 Å². The van der Waals surface area contributed by atoms with Crippen LogP contribution in [0.4, 0.5) is 4.39 Å². The lowest BCUT2D eigenvalue weighted by Gasteiger charge is -2.33. The van der Waals surface area contributed by atoms with Crippen molar-refractivity contribution in [2.75, 3.05) is 6.61 Å². The molecule has 0 aromatic heterocycles. The zero-order valence-electron chi connectivity index (χ0n) is 11.7. The summed E-state index contributed by atoms with van der Waals surface area (Å²) in [7, 11) is 0. The minimum atomic E-state index is -0.871. The van der Waals surface area contributed by atoms with E-state index in [9.17, 15) is 4.39 Å². The van der Waals surface area contributed by atoms with Crippen molar-refractivity contribution < 1.29 is 13.9 Å². The number of benzene rings is 2. The first kappa shape index (κ1) is 13.6. The first-order valence-corrected chi connectivity index (χ1v) is 7.55. The van der Waals surface area contributed by atoms with Gasteiger partial charge in [0.05, 0.1) is 0 Å². The zero-order valence-corrected chi connectivity index (χ0v) is 13.3. The molecule has 4 nitrogen and oxygen atoms in total. The molecule has 0 amide bonds. The molecule has 0 saturated heterocycles. The number of aliphatic imine (C=N–C) groups is 1. The summed E-state index contributed by atoms with van der Waals surface area (Å²) in [6.45, 7) is 2.20. The van der Waals surface area contributed by atoms with E-state index < -0.39 is 11.4 Å². The average molecular weight is 363 g/mol. The smallest absolute Gasteiger partial charge is 0.283 e. The van der Waals surface area contributed by atoms with Crippen molar-refractivity contribution in [3.8, 4) is 11.5 Å². The number of aryl methyl sites for hydroxylation is 1. The molecule has 0 unspecified atom stereocenters. The lowest BCUT2D eigenvalue weighted by atomic mass is 9.81. The van der Waals surface area contributed by atoms with Crippen LogP contribution in [-0.2, 0) is 10.3 Å². The summed E-state index contributed by atoms with van der Waals surface area (Å²) >= 11 is 3.33. The van der Waals surface area contributed by atoms with Gasteiger partial charge in [-0.1, -0.05) is 27.6 Å². The molecule has 4 rings (SSSR count). The molecule has 2 aromatic carbocycles. The van der Waals surface area contributed by atoms with Crippen LogP contribution in [0.1, 0.15) is 16.7 Å². The van der Waals surface area contributed by atoms with E-state index in [0.717, 1.165) is 11.1 Å². The fourth-order valence-corrected chi connectivity index (χ4v) is 3.42. The molecule has 1 spiro atoms. The number of nitrogens with two attached hydrogens (primary N) is 1. The van der Waals surface area contributed by atoms with E-state index >= 15 is 0 Å². The lowest BCUT2D eigenvalue weighted by Crippen LogP contribution is -2.31. The summed E-state index contributed by atoms with van der Waals surface area (Å²) in [5, 5.41) is 0. The average Bonchev–Trinajstić information content (AvgIpc) is 2.85. The summed E-state index contributed by atoms with van der Waals surface area (Å²) in [4.78, 5) is 4.49. The predicted molar refractivity (Wildman–Crippen MR) is 83.7 cm³/mol. The van der Waals surface area contributed by atoms with Crippen molar-refractivity contribution in [3.05, 3.63) is 57.3 Å². The van der Waals surface area contributed by atoms with Crippen LogP contribution in [0.5, 0.6) is 11.5 Å². The van der Waals surface area contributed by atoms with Crippen LogP contribution in [0.3, 0.4) is 0 Å². The molecular weight excluding hydrogens is 351 g/mol. The van der Waals surface area contributed by atoms with E-state index in [1.54, 1.807) is 6.07 Å². The predicted octanol–water partition coefficient (Wildman–Crippen LogP) is 3.59. The van der Waals surface area contributed by atoms with Crippen LogP contribution in [0.15, 0.2) is 39.8 Å². The topological polar surface area (TPSA) is 56.8 Å². The summed E-state index contributed by atoms with van der Waals surface area (Å²) in [5.41, 5.74) is 7.38. The Kier molecular flexibility index (Phi) is 2.75. The molecule has 1 atom stereocenters. The minimum Gasteiger partial charge on any atom is -0.462 e. The number of hydrogen-bond acceptors (Lipinski definition) is 4. The van der Waals surface area contributed by atoms with E-state index in [1.165, 1.54) is 6.07 Å². The molecule has 0 aliphatic carbocycles. The van der Waals surface area contributed by atoms with Gasteiger partial charge in [0, 0.05) is 15.6 Å². The third-order valence-electron chi connectivity index (χ3n) is 3.98. The maximum absolute atomic E-state index is 14.4. The molecule has 2 aliphatic rings. The van der Waals surface area contributed by atoms with E-state index in [-0.39, 0.29) is 18.4 Å². The first-order chi connectivity index (χ1) is 10.5. The van der Waals surface area contributed by atoms with Gasteiger partial charge in [0.1, 0.15) is 12.4 Å². The second kappa shape index (κ2) is 4.46. The van der Waals surface area contributed by atoms with Crippen LogP contribution < -0.4 is 10.5 Å². The Balaban J connectivity index is 2.08. The Bertz CT molecular complexity index is 837. The van der Waals surface area contributed by atoms with Gasteiger partial charge in [-0.3, -0.25) is 0 Å². The van der Waals surface area contributed by atoms with Gasteiger partial charge < -0.3 is 15.2 Å². The van der Waals surface area contributed by atoms with E-state index in [4.69, 9.17) is 15.2 Å². The van der Waals surface area contributed by atoms with Gasteiger partial charge in [-0.25, -0.2) is 9.38 Å². The SMILES string of the molecule is Cc1ccc2c(c1)[C@@]1(COC(N)=N1)c1cc(Br)cc(F)c1O2. The number of amidine groups is 1. The van der Waals surface area contributed by atoms with Crippen LogP contribution in [-0.4, -0.2) is 12.6 Å². The van der Waals surface area contributed by atoms with Gasteiger partial charge in [0.25, 0.3) is 6.02 Å². The standard InChI is InChI=1S/C16H12BrFN2O2/c1-8-2-3-13-10(4-8)16(7-21-15(19)20-16)11-5-9(17)6-12(18)14(11)22-13/h2-6H,7H2,1H3,(H2,19,20)/t16-/m0/s1. The first-order valence-electron chi connectivity index (χ1n) is 6.76. The fraction of sp³-hybridized carbons (Fsp3) is 0.188. The highest BCUT2D eigenvalue weighted by molar-refractivity contribution is 9.10.